The maximum absolute atomic E-state index is 13.7. The second-order valence-electron chi connectivity index (χ2n) is 3.80. The van der Waals surface area contributed by atoms with E-state index in [4.69, 9.17) is 34.8 Å². The Morgan fingerprint density at radius 1 is 1.22 bits per heavy atom. The molecule has 0 aliphatic carbocycles. The largest absolute Gasteiger partial charge is 0.263 e. The minimum absolute atomic E-state index is 0.349. The van der Waals surface area contributed by atoms with Gasteiger partial charge < -0.3 is 0 Å². The van der Waals surface area contributed by atoms with Crippen LogP contribution in [0.5, 0.6) is 0 Å². The molecule has 0 spiro atoms. The molecular formula is C13H9Cl3FN. The van der Waals surface area contributed by atoms with Gasteiger partial charge in [0.05, 0.1) is 10.4 Å². The van der Waals surface area contributed by atoms with E-state index in [9.17, 15) is 4.39 Å². The highest BCUT2D eigenvalue weighted by atomic mass is 35.5. The van der Waals surface area contributed by atoms with Crippen LogP contribution >= 0.6 is 34.8 Å². The van der Waals surface area contributed by atoms with Crippen molar-refractivity contribution in [3.05, 3.63) is 63.6 Å². The third-order valence-electron chi connectivity index (χ3n) is 2.56. The molecule has 0 fully saturated rings. The summed E-state index contributed by atoms with van der Waals surface area (Å²) in [6, 6.07) is 6.22. The van der Waals surface area contributed by atoms with Crippen molar-refractivity contribution in [2.45, 2.75) is 11.8 Å². The monoisotopic (exact) mass is 303 g/mol. The summed E-state index contributed by atoms with van der Waals surface area (Å²) >= 11 is 17.9. The Morgan fingerprint density at radius 3 is 2.67 bits per heavy atom. The number of pyridine rings is 1. The Labute approximate surface area is 120 Å². The number of hydrogen-bond donors (Lipinski definition) is 0. The molecule has 1 aromatic carbocycles. The van der Waals surface area contributed by atoms with Crippen molar-refractivity contribution >= 4 is 34.8 Å². The normalized spacial score (nSPS) is 12.4. The van der Waals surface area contributed by atoms with E-state index in [2.05, 4.69) is 4.98 Å². The van der Waals surface area contributed by atoms with E-state index in [1.54, 1.807) is 30.6 Å². The van der Waals surface area contributed by atoms with E-state index in [0.29, 0.717) is 22.0 Å². The first kappa shape index (κ1) is 13.6. The maximum Gasteiger partial charge on any atom is 0.129 e. The highest BCUT2D eigenvalue weighted by Crippen LogP contribution is 2.30. The summed E-state index contributed by atoms with van der Waals surface area (Å²) in [6.45, 7) is 0. The third kappa shape index (κ3) is 3.14. The van der Waals surface area contributed by atoms with Crippen LogP contribution in [0.1, 0.15) is 16.5 Å². The van der Waals surface area contributed by atoms with Gasteiger partial charge in [-0.2, -0.15) is 0 Å². The predicted molar refractivity (Wildman–Crippen MR) is 73.0 cm³/mol. The average molecular weight is 305 g/mol. The zero-order chi connectivity index (χ0) is 13.1. The lowest BCUT2D eigenvalue weighted by molar-refractivity contribution is 0.606. The Bertz CT molecular complexity index is 560. The van der Waals surface area contributed by atoms with Crippen LogP contribution in [0.4, 0.5) is 4.39 Å². The molecule has 94 valence electrons. The molecule has 0 bridgehead atoms. The predicted octanol–water partition coefficient (Wildman–Crippen LogP) is 5.05. The van der Waals surface area contributed by atoms with Crippen LogP contribution in [-0.4, -0.2) is 4.98 Å². The van der Waals surface area contributed by atoms with Gasteiger partial charge in [-0.05, 0) is 30.2 Å². The van der Waals surface area contributed by atoms with Crippen LogP contribution in [-0.2, 0) is 6.42 Å². The standard InChI is InChI=1S/C13H9Cl3FN/c14-9-1-2-10(13(17)6-9)11(15)5-8-3-4-18-7-12(8)16/h1-4,6-7,11H,5H2. The van der Waals surface area contributed by atoms with E-state index >= 15 is 0 Å². The fraction of sp³-hybridized carbons (Fsp3) is 0.154. The van der Waals surface area contributed by atoms with Gasteiger partial charge in [-0.3, -0.25) is 4.98 Å². The number of halogens is 4. The van der Waals surface area contributed by atoms with Crippen molar-refractivity contribution in [1.29, 1.82) is 0 Å². The van der Waals surface area contributed by atoms with Gasteiger partial charge in [0.15, 0.2) is 0 Å². The van der Waals surface area contributed by atoms with E-state index in [1.807, 2.05) is 0 Å². The molecule has 0 saturated carbocycles. The zero-order valence-corrected chi connectivity index (χ0v) is 11.5. The first-order valence-corrected chi connectivity index (χ1v) is 6.44. The Hall–Kier alpha value is -0.830. The van der Waals surface area contributed by atoms with Crippen LogP contribution in [0.3, 0.4) is 0 Å². The zero-order valence-electron chi connectivity index (χ0n) is 9.21. The summed E-state index contributed by atoms with van der Waals surface area (Å²) < 4.78 is 13.7. The maximum atomic E-state index is 13.7. The van der Waals surface area contributed by atoms with E-state index in [1.165, 1.54) is 6.07 Å². The molecule has 1 heterocycles. The molecular weight excluding hydrogens is 296 g/mol. The number of nitrogens with zero attached hydrogens (tertiary/aromatic N) is 1. The molecule has 2 rings (SSSR count). The van der Waals surface area contributed by atoms with Gasteiger partial charge in [0, 0.05) is 23.0 Å². The second kappa shape index (κ2) is 5.87. The number of aromatic nitrogens is 1. The Balaban J connectivity index is 2.22. The van der Waals surface area contributed by atoms with Crippen molar-refractivity contribution in [2.75, 3.05) is 0 Å². The van der Waals surface area contributed by atoms with E-state index in [0.717, 1.165) is 5.56 Å². The molecule has 0 radical (unpaired) electrons. The number of hydrogen-bond acceptors (Lipinski definition) is 1. The SMILES string of the molecule is Fc1cc(Cl)ccc1C(Cl)Cc1ccncc1Cl. The lowest BCUT2D eigenvalue weighted by atomic mass is 10.0. The average Bonchev–Trinajstić information content (AvgIpc) is 2.32. The lowest BCUT2D eigenvalue weighted by Crippen LogP contribution is -2.00. The van der Waals surface area contributed by atoms with Crippen molar-refractivity contribution in [3.8, 4) is 0 Å². The number of benzene rings is 1. The van der Waals surface area contributed by atoms with Gasteiger partial charge >= 0.3 is 0 Å². The summed E-state index contributed by atoms with van der Waals surface area (Å²) in [6.07, 6.45) is 3.60. The molecule has 1 nitrogen and oxygen atoms in total. The van der Waals surface area contributed by atoms with Gasteiger partial charge in [0.2, 0.25) is 0 Å². The molecule has 0 saturated heterocycles. The summed E-state index contributed by atoms with van der Waals surface area (Å²) in [5.41, 5.74) is 1.25. The first-order valence-electron chi connectivity index (χ1n) is 5.25. The Morgan fingerprint density at radius 2 is 2.00 bits per heavy atom. The van der Waals surface area contributed by atoms with Crippen molar-refractivity contribution in [1.82, 2.24) is 4.98 Å². The van der Waals surface area contributed by atoms with Gasteiger partial charge in [-0.25, -0.2) is 4.39 Å². The van der Waals surface area contributed by atoms with Crippen molar-refractivity contribution in [3.63, 3.8) is 0 Å². The van der Waals surface area contributed by atoms with Crippen LogP contribution in [0.15, 0.2) is 36.7 Å². The number of rotatable bonds is 3. The lowest BCUT2D eigenvalue weighted by Gasteiger charge is -2.12. The summed E-state index contributed by atoms with van der Waals surface area (Å²) in [4.78, 5) is 3.89. The molecule has 5 heteroatoms. The highest BCUT2D eigenvalue weighted by molar-refractivity contribution is 6.31. The van der Waals surface area contributed by atoms with Gasteiger partial charge in [0.25, 0.3) is 0 Å². The van der Waals surface area contributed by atoms with Crippen LogP contribution in [0.25, 0.3) is 0 Å². The smallest absolute Gasteiger partial charge is 0.129 e. The molecule has 0 aliphatic heterocycles. The van der Waals surface area contributed by atoms with Crippen LogP contribution in [0.2, 0.25) is 10.0 Å². The molecule has 1 unspecified atom stereocenters. The molecule has 18 heavy (non-hydrogen) atoms. The minimum Gasteiger partial charge on any atom is -0.263 e. The molecule has 1 atom stereocenters. The van der Waals surface area contributed by atoms with Crippen molar-refractivity contribution in [2.24, 2.45) is 0 Å². The fourth-order valence-electron chi connectivity index (χ4n) is 1.63. The molecule has 1 aromatic heterocycles. The topological polar surface area (TPSA) is 12.9 Å². The van der Waals surface area contributed by atoms with E-state index in [-0.39, 0.29) is 0 Å². The minimum atomic E-state index is -0.498. The Kier molecular flexibility index (Phi) is 4.44. The van der Waals surface area contributed by atoms with Crippen LogP contribution < -0.4 is 0 Å². The third-order valence-corrected chi connectivity index (χ3v) is 3.52. The summed E-state index contributed by atoms with van der Waals surface area (Å²) in [7, 11) is 0. The van der Waals surface area contributed by atoms with Gasteiger partial charge in [-0.1, -0.05) is 29.3 Å². The van der Waals surface area contributed by atoms with Gasteiger partial charge in [-0.15, -0.1) is 11.6 Å². The van der Waals surface area contributed by atoms with Crippen LogP contribution in [0, 0.1) is 5.82 Å². The highest BCUT2D eigenvalue weighted by Gasteiger charge is 2.15. The van der Waals surface area contributed by atoms with E-state index < -0.39 is 11.2 Å². The molecule has 0 aliphatic rings. The summed E-state index contributed by atoms with van der Waals surface area (Å²) in [5, 5.41) is 0.377. The molecule has 0 amide bonds. The quantitative estimate of drug-likeness (QED) is 0.723. The second-order valence-corrected chi connectivity index (χ2v) is 5.18. The number of alkyl halides is 1. The molecule has 2 aromatic rings. The molecule has 0 N–H and O–H groups in total. The van der Waals surface area contributed by atoms with Gasteiger partial charge in [0.1, 0.15) is 5.82 Å². The van der Waals surface area contributed by atoms with Crippen molar-refractivity contribution < 1.29 is 4.39 Å². The summed E-state index contributed by atoms with van der Waals surface area (Å²) in [5.74, 6) is -0.410. The fourth-order valence-corrected chi connectivity index (χ4v) is 2.33. The first-order chi connectivity index (χ1) is 8.58.